The zero-order valence-electron chi connectivity index (χ0n) is 11.1. The number of anilines is 1. The van der Waals surface area contributed by atoms with Crippen molar-refractivity contribution in [3.8, 4) is 0 Å². The number of nitrogens with one attached hydrogen (secondary N) is 1. The van der Waals surface area contributed by atoms with Gasteiger partial charge in [-0.25, -0.2) is 8.78 Å². The molecule has 2 aromatic rings. The van der Waals surface area contributed by atoms with E-state index in [1.165, 1.54) is 25.1 Å². The second-order valence-corrected chi connectivity index (χ2v) is 4.53. The molecule has 0 radical (unpaired) electrons. The Morgan fingerprint density at radius 2 is 1.90 bits per heavy atom. The van der Waals surface area contributed by atoms with Crippen LogP contribution in [0.2, 0.25) is 0 Å². The lowest BCUT2D eigenvalue weighted by Gasteiger charge is -2.11. The molecule has 0 spiro atoms. The van der Waals surface area contributed by atoms with E-state index in [0.717, 1.165) is 5.56 Å². The molecule has 0 aliphatic rings. The minimum atomic E-state index is -0.534. The number of Topliss-reactive ketones (excluding diaryl/α,β-unsaturated/α-hetero) is 1. The van der Waals surface area contributed by atoms with Crippen LogP contribution in [0.1, 0.15) is 22.8 Å². The van der Waals surface area contributed by atoms with Gasteiger partial charge in [0.15, 0.2) is 5.78 Å². The normalized spacial score (nSPS) is 10.3. The van der Waals surface area contributed by atoms with E-state index >= 15 is 0 Å². The third-order valence-corrected chi connectivity index (χ3v) is 2.98. The van der Waals surface area contributed by atoms with Gasteiger partial charge < -0.3 is 5.32 Å². The van der Waals surface area contributed by atoms with Gasteiger partial charge >= 0.3 is 0 Å². The maximum atomic E-state index is 13.6. The van der Waals surface area contributed by atoms with Crippen LogP contribution in [-0.4, -0.2) is 12.3 Å². The van der Waals surface area contributed by atoms with Gasteiger partial charge in [-0.2, -0.15) is 0 Å². The first-order chi connectivity index (χ1) is 9.58. The lowest BCUT2D eigenvalue weighted by Crippen LogP contribution is -2.10. The average Bonchev–Trinajstić information content (AvgIpc) is 2.38. The molecule has 0 heterocycles. The minimum absolute atomic E-state index is 0.0618. The number of carbonyl (C=O) groups excluding carboxylic acids is 1. The second-order valence-electron chi connectivity index (χ2n) is 4.53. The quantitative estimate of drug-likeness (QED) is 0.840. The van der Waals surface area contributed by atoms with E-state index in [2.05, 4.69) is 5.32 Å². The topological polar surface area (TPSA) is 29.1 Å². The number of carbonyl (C=O) groups is 1. The van der Waals surface area contributed by atoms with E-state index in [9.17, 15) is 13.6 Å². The summed E-state index contributed by atoms with van der Waals surface area (Å²) in [5, 5.41) is 3.02. The number of halogens is 2. The summed E-state index contributed by atoms with van der Waals surface area (Å²) in [6.45, 7) is 1.82. The third kappa shape index (κ3) is 3.41. The maximum Gasteiger partial charge on any atom is 0.164 e. The lowest BCUT2D eigenvalue weighted by molar-refractivity contribution is 0.101. The summed E-state index contributed by atoms with van der Waals surface area (Å²) in [6, 6.07) is 10.8. The molecule has 0 unspecified atom stereocenters. The molecule has 0 amide bonds. The molecule has 0 bridgehead atoms. The predicted molar refractivity (Wildman–Crippen MR) is 75.0 cm³/mol. The Labute approximate surface area is 116 Å². The van der Waals surface area contributed by atoms with E-state index in [0.29, 0.717) is 18.7 Å². The van der Waals surface area contributed by atoms with Crippen molar-refractivity contribution in [1.29, 1.82) is 0 Å². The summed E-state index contributed by atoms with van der Waals surface area (Å²) in [5.41, 5.74) is 1.37. The van der Waals surface area contributed by atoms with Crippen LogP contribution in [0.15, 0.2) is 42.5 Å². The molecular weight excluding hydrogens is 260 g/mol. The largest absolute Gasteiger partial charge is 0.384 e. The smallest absolute Gasteiger partial charge is 0.164 e. The average molecular weight is 275 g/mol. The summed E-state index contributed by atoms with van der Waals surface area (Å²) < 4.78 is 26.6. The van der Waals surface area contributed by atoms with Crippen LogP contribution in [0.5, 0.6) is 0 Å². The highest BCUT2D eigenvalue weighted by atomic mass is 19.1. The molecule has 0 saturated heterocycles. The van der Waals surface area contributed by atoms with Crippen LogP contribution in [0.3, 0.4) is 0 Å². The van der Waals surface area contributed by atoms with Gasteiger partial charge in [0, 0.05) is 12.2 Å². The van der Waals surface area contributed by atoms with Gasteiger partial charge in [0.2, 0.25) is 0 Å². The van der Waals surface area contributed by atoms with Crippen molar-refractivity contribution < 1.29 is 13.6 Å². The fourth-order valence-electron chi connectivity index (χ4n) is 2.06. The lowest BCUT2D eigenvalue weighted by atomic mass is 10.1. The van der Waals surface area contributed by atoms with Crippen molar-refractivity contribution >= 4 is 11.5 Å². The van der Waals surface area contributed by atoms with Gasteiger partial charge in [0.1, 0.15) is 11.6 Å². The molecule has 0 atom stereocenters. The van der Waals surface area contributed by atoms with Crippen molar-refractivity contribution in [3.05, 3.63) is 65.2 Å². The SMILES string of the molecule is CC(=O)c1c(F)cccc1NCCc1cccc(F)c1. The zero-order valence-corrected chi connectivity index (χ0v) is 11.1. The third-order valence-electron chi connectivity index (χ3n) is 2.98. The Balaban J connectivity index is 2.05. The minimum Gasteiger partial charge on any atom is -0.384 e. The number of hydrogen-bond acceptors (Lipinski definition) is 2. The summed E-state index contributed by atoms with van der Waals surface area (Å²) in [5.74, 6) is -1.14. The maximum absolute atomic E-state index is 13.6. The molecule has 2 nitrogen and oxygen atoms in total. The summed E-state index contributed by atoms with van der Waals surface area (Å²) in [6.07, 6.45) is 0.589. The molecule has 1 N–H and O–H groups in total. The molecule has 104 valence electrons. The highest BCUT2D eigenvalue weighted by Gasteiger charge is 2.12. The second kappa shape index (κ2) is 6.28. The number of hydrogen-bond donors (Lipinski definition) is 1. The van der Waals surface area contributed by atoms with E-state index in [4.69, 9.17) is 0 Å². The van der Waals surface area contributed by atoms with Gasteiger partial charge in [-0.1, -0.05) is 18.2 Å². The molecule has 0 aromatic heterocycles. The fraction of sp³-hybridized carbons (Fsp3) is 0.188. The Hall–Kier alpha value is -2.23. The molecule has 2 aromatic carbocycles. The first-order valence-electron chi connectivity index (χ1n) is 6.35. The summed E-state index contributed by atoms with van der Waals surface area (Å²) >= 11 is 0. The number of benzene rings is 2. The van der Waals surface area contributed by atoms with Crippen LogP contribution < -0.4 is 5.32 Å². The van der Waals surface area contributed by atoms with Crippen molar-refractivity contribution in [2.45, 2.75) is 13.3 Å². The van der Waals surface area contributed by atoms with Crippen LogP contribution >= 0.6 is 0 Å². The van der Waals surface area contributed by atoms with E-state index in [-0.39, 0.29) is 17.2 Å². The summed E-state index contributed by atoms with van der Waals surface area (Å²) in [7, 11) is 0. The van der Waals surface area contributed by atoms with Crippen molar-refractivity contribution in [3.63, 3.8) is 0 Å². The van der Waals surface area contributed by atoms with E-state index in [1.807, 2.05) is 6.07 Å². The van der Waals surface area contributed by atoms with Gasteiger partial charge in [-0.3, -0.25) is 4.79 Å². The van der Waals surface area contributed by atoms with Crippen LogP contribution in [-0.2, 0) is 6.42 Å². The van der Waals surface area contributed by atoms with Crippen LogP contribution in [0.4, 0.5) is 14.5 Å². The van der Waals surface area contributed by atoms with Crippen molar-refractivity contribution in [2.24, 2.45) is 0 Å². The molecule has 0 saturated carbocycles. The van der Waals surface area contributed by atoms with E-state index in [1.54, 1.807) is 18.2 Å². The number of rotatable bonds is 5. The molecule has 4 heteroatoms. The van der Waals surface area contributed by atoms with Gasteiger partial charge in [0.05, 0.1) is 5.56 Å². The highest BCUT2D eigenvalue weighted by molar-refractivity contribution is 5.99. The first kappa shape index (κ1) is 14.2. The Morgan fingerprint density at radius 3 is 2.60 bits per heavy atom. The molecule has 2 rings (SSSR count). The zero-order chi connectivity index (χ0) is 14.5. The van der Waals surface area contributed by atoms with Crippen LogP contribution in [0.25, 0.3) is 0 Å². The molecule has 0 aliphatic carbocycles. The standard InChI is InChI=1S/C16H15F2NO/c1-11(20)16-14(18)6-3-7-15(16)19-9-8-12-4-2-5-13(17)10-12/h2-7,10,19H,8-9H2,1H3. The van der Waals surface area contributed by atoms with E-state index < -0.39 is 5.82 Å². The predicted octanol–water partition coefficient (Wildman–Crippen LogP) is 3.82. The molecule has 0 aliphatic heterocycles. The Bertz CT molecular complexity index is 626. The van der Waals surface area contributed by atoms with Crippen molar-refractivity contribution in [1.82, 2.24) is 0 Å². The first-order valence-corrected chi connectivity index (χ1v) is 6.35. The molecular formula is C16H15F2NO. The van der Waals surface area contributed by atoms with Gasteiger partial charge in [0.25, 0.3) is 0 Å². The fourth-order valence-corrected chi connectivity index (χ4v) is 2.06. The van der Waals surface area contributed by atoms with Crippen LogP contribution in [0, 0.1) is 11.6 Å². The number of ketones is 1. The molecule has 20 heavy (non-hydrogen) atoms. The monoisotopic (exact) mass is 275 g/mol. The Kier molecular flexibility index (Phi) is 4.45. The highest BCUT2D eigenvalue weighted by Crippen LogP contribution is 2.19. The van der Waals surface area contributed by atoms with Crippen molar-refractivity contribution in [2.75, 3.05) is 11.9 Å². The van der Waals surface area contributed by atoms with Gasteiger partial charge in [-0.15, -0.1) is 0 Å². The van der Waals surface area contributed by atoms with Gasteiger partial charge in [-0.05, 0) is 43.2 Å². The Morgan fingerprint density at radius 1 is 1.15 bits per heavy atom. The molecule has 0 fully saturated rings. The summed E-state index contributed by atoms with van der Waals surface area (Å²) in [4.78, 5) is 11.4.